The van der Waals surface area contributed by atoms with Crippen LogP contribution in [0.2, 0.25) is 0 Å². The molecule has 1 atom stereocenters. The van der Waals surface area contributed by atoms with Crippen molar-refractivity contribution in [3.63, 3.8) is 0 Å². The van der Waals surface area contributed by atoms with Gasteiger partial charge < -0.3 is 5.32 Å². The molecule has 0 spiro atoms. The van der Waals surface area contributed by atoms with Crippen molar-refractivity contribution in [3.05, 3.63) is 28.5 Å². The first-order valence-corrected chi connectivity index (χ1v) is 8.12. The highest BCUT2D eigenvalue weighted by Gasteiger charge is 2.09. The molecule has 1 heterocycles. The molecule has 17 heavy (non-hydrogen) atoms. The topological polar surface area (TPSA) is 24.9 Å². The van der Waals surface area contributed by atoms with E-state index >= 15 is 0 Å². The van der Waals surface area contributed by atoms with Gasteiger partial charge in [0.1, 0.15) is 0 Å². The zero-order valence-corrected chi connectivity index (χ0v) is 13.0. The standard InChI is InChI=1S/C13H21BrN2S/c1-3-7-17-10-13(15-4-2)8-12-6-5-11(14)9-16-12/h5-6,9,13,15H,3-4,7-8,10H2,1-2H3. The molecule has 4 heteroatoms. The Morgan fingerprint density at radius 1 is 1.41 bits per heavy atom. The van der Waals surface area contributed by atoms with Crippen LogP contribution in [-0.2, 0) is 6.42 Å². The second-order valence-corrected chi connectivity index (χ2v) is 6.07. The Bertz CT molecular complexity index is 303. The molecule has 1 unspecified atom stereocenters. The second kappa shape index (κ2) is 8.95. The summed E-state index contributed by atoms with van der Waals surface area (Å²) in [6, 6.07) is 4.69. The van der Waals surface area contributed by atoms with E-state index in [1.807, 2.05) is 18.0 Å². The lowest BCUT2D eigenvalue weighted by Crippen LogP contribution is -2.33. The number of aromatic nitrogens is 1. The molecule has 1 aromatic rings. The van der Waals surface area contributed by atoms with Gasteiger partial charge in [-0.1, -0.05) is 13.8 Å². The first-order valence-electron chi connectivity index (χ1n) is 6.17. The highest BCUT2D eigenvalue weighted by molar-refractivity contribution is 9.10. The number of pyridine rings is 1. The van der Waals surface area contributed by atoms with E-state index in [-0.39, 0.29) is 0 Å². The van der Waals surface area contributed by atoms with Crippen LogP contribution in [0.25, 0.3) is 0 Å². The highest BCUT2D eigenvalue weighted by Crippen LogP contribution is 2.11. The molecular weight excluding hydrogens is 296 g/mol. The summed E-state index contributed by atoms with van der Waals surface area (Å²) < 4.78 is 1.04. The average Bonchev–Trinajstić information content (AvgIpc) is 2.32. The van der Waals surface area contributed by atoms with Crippen LogP contribution >= 0.6 is 27.7 Å². The molecule has 1 rings (SSSR count). The fourth-order valence-electron chi connectivity index (χ4n) is 1.63. The van der Waals surface area contributed by atoms with Gasteiger partial charge in [-0.3, -0.25) is 4.98 Å². The second-order valence-electron chi connectivity index (χ2n) is 4.00. The van der Waals surface area contributed by atoms with Crippen molar-refractivity contribution in [2.24, 2.45) is 0 Å². The Morgan fingerprint density at radius 2 is 2.24 bits per heavy atom. The molecule has 0 aliphatic rings. The van der Waals surface area contributed by atoms with Crippen molar-refractivity contribution < 1.29 is 0 Å². The molecular formula is C13H21BrN2S. The third kappa shape index (κ3) is 6.43. The fourth-order valence-corrected chi connectivity index (χ4v) is 2.84. The minimum atomic E-state index is 0.533. The van der Waals surface area contributed by atoms with Crippen LogP contribution in [-0.4, -0.2) is 29.1 Å². The van der Waals surface area contributed by atoms with Crippen LogP contribution < -0.4 is 5.32 Å². The molecule has 0 saturated heterocycles. The summed E-state index contributed by atoms with van der Waals surface area (Å²) in [5.41, 5.74) is 1.16. The quantitative estimate of drug-likeness (QED) is 0.743. The molecule has 1 N–H and O–H groups in total. The minimum absolute atomic E-state index is 0.533. The molecule has 0 aliphatic carbocycles. The van der Waals surface area contributed by atoms with E-state index in [1.165, 1.54) is 17.9 Å². The molecule has 0 saturated carbocycles. The molecule has 0 aromatic carbocycles. The largest absolute Gasteiger partial charge is 0.313 e. The lowest BCUT2D eigenvalue weighted by molar-refractivity contribution is 0.566. The average molecular weight is 317 g/mol. The van der Waals surface area contributed by atoms with Crippen LogP contribution in [0.15, 0.2) is 22.8 Å². The van der Waals surface area contributed by atoms with E-state index in [0.717, 1.165) is 23.1 Å². The van der Waals surface area contributed by atoms with E-state index in [2.05, 4.69) is 52.2 Å². The van der Waals surface area contributed by atoms with Crippen LogP contribution in [0.3, 0.4) is 0 Å². The van der Waals surface area contributed by atoms with Gasteiger partial charge in [0.05, 0.1) is 0 Å². The number of nitrogens with zero attached hydrogens (tertiary/aromatic N) is 1. The third-order valence-electron chi connectivity index (χ3n) is 2.40. The SMILES string of the molecule is CCCSCC(Cc1ccc(Br)cn1)NCC. The molecule has 0 fully saturated rings. The summed E-state index contributed by atoms with van der Waals surface area (Å²) in [6.07, 6.45) is 4.13. The Balaban J connectivity index is 2.44. The number of hydrogen-bond acceptors (Lipinski definition) is 3. The van der Waals surface area contributed by atoms with E-state index in [1.54, 1.807) is 0 Å². The molecule has 0 aliphatic heterocycles. The predicted molar refractivity (Wildman–Crippen MR) is 80.7 cm³/mol. The maximum absolute atomic E-state index is 4.43. The maximum atomic E-state index is 4.43. The molecule has 0 radical (unpaired) electrons. The summed E-state index contributed by atoms with van der Waals surface area (Å²) in [5, 5.41) is 3.53. The molecule has 0 amide bonds. The van der Waals surface area contributed by atoms with E-state index in [4.69, 9.17) is 0 Å². The molecule has 1 aromatic heterocycles. The Labute approximate surface area is 117 Å². The predicted octanol–water partition coefficient (Wildman–Crippen LogP) is 3.51. The van der Waals surface area contributed by atoms with Crippen LogP contribution in [0.5, 0.6) is 0 Å². The first-order chi connectivity index (χ1) is 8.26. The van der Waals surface area contributed by atoms with Gasteiger partial charge >= 0.3 is 0 Å². The van der Waals surface area contributed by atoms with Crippen molar-refractivity contribution >= 4 is 27.7 Å². The van der Waals surface area contributed by atoms with Crippen LogP contribution in [0.4, 0.5) is 0 Å². The molecule has 2 nitrogen and oxygen atoms in total. The Kier molecular flexibility index (Phi) is 7.90. The summed E-state index contributed by atoms with van der Waals surface area (Å²) in [6.45, 7) is 5.41. The number of nitrogens with one attached hydrogen (secondary N) is 1. The van der Waals surface area contributed by atoms with E-state index < -0.39 is 0 Å². The van der Waals surface area contributed by atoms with Gasteiger partial charge in [0.25, 0.3) is 0 Å². The molecule has 96 valence electrons. The lowest BCUT2D eigenvalue weighted by Gasteiger charge is -2.17. The number of halogens is 1. The summed E-state index contributed by atoms with van der Waals surface area (Å²) >= 11 is 5.44. The van der Waals surface area contributed by atoms with Crippen molar-refractivity contribution in [2.75, 3.05) is 18.1 Å². The van der Waals surface area contributed by atoms with Crippen LogP contribution in [0.1, 0.15) is 26.0 Å². The normalized spacial score (nSPS) is 12.6. The van der Waals surface area contributed by atoms with Crippen molar-refractivity contribution in [1.29, 1.82) is 0 Å². The number of rotatable bonds is 8. The lowest BCUT2D eigenvalue weighted by atomic mass is 10.1. The number of thioether (sulfide) groups is 1. The smallest absolute Gasteiger partial charge is 0.0420 e. The van der Waals surface area contributed by atoms with Crippen molar-refractivity contribution in [2.45, 2.75) is 32.7 Å². The first kappa shape index (κ1) is 15.0. The minimum Gasteiger partial charge on any atom is -0.313 e. The van der Waals surface area contributed by atoms with Gasteiger partial charge in [0.2, 0.25) is 0 Å². The number of hydrogen-bond donors (Lipinski definition) is 1. The zero-order chi connectivity index (χ0) is 12.5. The monoisotopic (exact) mass is 316 g/mol. The van der Waals surface area contributed by atoms with Gasteiger partial charge in [-0.2, -0.15) is 11.8 Å². The van der Waals surface area contributed by atoms with Gasteiger partial charge in [0.15, 0.2) is 0 Å². The highest BCUT2D eigenvalue weighted by atomic mass is 79.9. The summed E-state index contributed by atoms with van der Waals surface area (Å²) in [4.78, 5) is 4.43. The maximum Gasteiger partial charge on any atom is 0.0420 e. The molecule has 0 bridgehead atoms. The van der Waals surface area contributed by atoms with Crippen molar-refractivity contribution in [3.8, 4) is 0 Å². The zero-order valence-electron chi connectivity index (χ0n) is 10.6. The van der Waals surface area contributed by atoms with Gasteiger partial charge in [-0.15, -0.1) is 0 Å². The summed E-state index contributed by atoms with van der Waals surface area (Å²) in [5.74, 6) is 2.41. The third-order valence-corrected chi connectivity index (χ3v) is 4.21. The van der Waals surface area contributed by atoms with Gasteiger partial charge in [-0.05, 0) is 46.8 Å². The summed E-state index contributed by atoms with van der Waals surface area (Å²) in [7, 11) is 0. The van der Waals surface area contributed by atoms with Gasteiger partial charge in [-0.25, -0.2) is 0 Å². The van der Waals surface area contributed by atoms with Crippen LogP contribution in [0, 0.1) is 0 Å². The Morgan fingerprint density at radius 3 is 2.82 bits per heavy atom. The number of likely N-dealkylation sites (N-methyl/N-ethyl adjacent to an activating group) is 1. The van der Waals surface area contributed by atoms with E-state index in [9.17, 15) is 0 Å². The van der Waals surface area contributed by atoms with Gasteiger partial charge in [0, 0.05) is 34.6 Å². The fraction of sp³-hybridized carbons (Fsp3) is 0.615. The Hall–Kier alpha value is -0.0600. The van der Waals surface area contributed by atoms with E-state index in [0.29, 0.717) is 6.04 Å². The van der Waals surface area contributed by atoms with Crippen molar-refractivity contribution in [1.82, 2.24) is 10.3 Å².